The fourth-order valence-corrected chi connectivity index (χ4v) is 4.75. The Labute approximate surface area is 191 Å². The van der Waals surface area contributed by atoms with Crippen molar-refractivity contribution in [2.75, 3.05) is 17.9 Å². The van der Waals surface area contributed by atoms with Crippen molar-refractivity contribution in [3.8, 4) is 11.5 Å². The van der Waals surface area contributed by atoms with Gasteiger partial charge in [-0.2, -0.15) is 0 Å². The second kappa shape index (κ2) is 7.58. The lowest BCUT2D eigenvalue weighted by Gasteiger charge is -2.10. The minimum Gasteiger partial charge on any atom is -0.454 e. The number of amides is 1. The molecule has 1 aliphatic rings. The zero-order valence-corrected chi connectivity index (χ0v) is 18.1. The number of nitrogens with zero attached hydrogens (tertiary/aromatic N) is 3. The lowest BCUT2D eigenvalue weighted by atomic mass is 10.2. The summed E-state index contributed by atoms with van der Waals surface area (Å²) in [5, 5.41) is 4.89. The largest absolute Gasteiger partial charge is 0.454 e. The standard InChI is InChI=1S/C23H15ClN4O3S/c24-14-9-19-20(31-12-30-19)10-17(14)25-21(29)11-32-23-27-15-6-2-1-5-13(15)22-26-16-7-3-4-8-18(16)28(22)23/h1-10H,11-12H2,(H,25,29). The van der Waals surface area contributed by atoms with Gasteiger partial charge in [0.1, 0.15) is 5.65 Å². The third-order valence-electron chi connectivity index (χ3n) is 5.18. The number of fused-ring (bicyclic) bond motifs is 6. The summed E-state index contributed by atoms with van der Waals surface area (Å²) in [4.78, 5) is 22.3. The molecule has 0 atom stereocenters. The lowest BCUT2D eigenvalue weighted by molar-refractivity contribution is -0.113. The Hall–Kier alpha value is -3.49. The molecule has 6 rings (SSSR count). The van der Waals surface area contributed by atoms with Gasteiger partial charge >= 0.3 is 0 Å². The van der Waals surface area contributed by atoms with Gasteiger partial charge in [0.25, 0.3) is 0 Å². The Morgan fingerprint density at radius 2 is 1.78 bits per heavy atom. The van der Waals surface area contributed by atoms with Crippen molar-refractivity contribution in [2.24, 2.45) is 0 Å². The molecule has 9 heteroatoms. The first-order chi connectivity index (χ1) is 15.7. The smallest absolute Gasteiger partial charge is 0.234 e. The van der Waals surface area contributed by atoms with Gasteiger partial charge in [0.15, 0.2) is 16.7 Å². The number of nitrogens with one attached hydrogen (secondary N) is 1. The van der Waals surface area contributed by atoms with E-state index >= 15 is 0 Å². The van der Waals surface area contributed by atoms with Crippen LogP contribution in [0.2, 0.25) is 5.02 Å². The topological polar surface area (TPSA) is 77.8 Å². The molecule has 7 nitrogen and oxygen atoms in total. The maximum Gasteiger partial charge on any atom is 0.234 e. The second-order valence-electron chi connectivity index (χ2n) is 7.19. The number of imidazole rings is 1. The molecule has 0 fully saturated rings. The number of rotatable bonds is 4. The molecule has 0 radical (unpaired) electrons. The quantitative estimate of drug-likeness (QED) is 0.294. The average molecular weight is 463 g/mol. The van der Waals surface area contributed by atoms with E-state index in [0.717, 1.165) is 27.6 Å². The number of aromatic nitrogens is 3. The molecule has 3 aromatic carbocycles. The maximum atomic E-state index is 12.7. The third kappa shape index (κ3) is 3.19. The van der Waals surface area contributed by atoms with E-state index in [1.54, 1.807) is 12.1 Å². The van der Waals surface area contributed by atoms with Crippen molar-refractivity contribution in [3.63, 3.8) is 0 Å². The maximum absolute atomic E-state index is 12.7. The number of hydrogen-bond donors (Lipinski definition) is 1. The molecule has 1 amide bonds. The van der Waals surface area contributed by atoms with Crippen LogP contribution in [0.3, 0.4) is 0 Å². The Kier molecular flexibility index (Phi) is 4.55. The summed E-state index contributed by atoms with van der Waals surface area (Å²) < 4.78 is 12.7. The summed E-state index contributed by atoms with van der Waals surface area (Å²) in [6.45, 7) is 0.140. The van der Waals surface area contributed by atoms with Crippen LogP contribution in [0.5, 0.6) is 11.5 Å². The molecular formula is C23H15ClN4O3S. The second-order valence-corrected chi connectivity index (χ2v) is 8.54. The highest BCUT2D eigenvalue weighted by Gasteiger charge is 2.19. The zero-order chi connectivity index (χ0) is 21.7. The first kappa shape index (κ1) is 19.2. The van der Waals surface area contributed by atoms with Gasteiger partial charge in [-0.15, -0.1) is 0 Å². The number of ether oxygens (including phenoxy) is 2. The van der Waals surface area contributed by atoms with Crippen LogP contribution in [0, 0.1) is 0 Å². The SMILES string of the molecule is O=C(CSc1nc2ccccc2c2nc3ccccc3n12)Nc1cc2c(cc1Cl)OCO2. The summed E-state index contributed by atoms with van der Waals surface area (Å²) in [5.41, 5.74) is 3.95. The summed E-state index contributed by atoms with van der Waals surface area (Å²) in [7, 11) is 0. The van der Waals surface area contributed by atoms with Gasteiger partial charge in [-0.3, -0.25) is 9.20 Å². The number of halogens is 1. The minimum absolute atomic E-state index is 0.140. The zero-order valence-electron chi connectivity index (χ0n) is 16.5. The van der Waals surface area contributed by atoms with E-state index in [9.17, 15) is 4.79 Å². The van der Waals surface area contributed by atoms with Gasteiger partial charge in [0.05, 0.1) is 33.0 Å². The van der Waals surface area contributed by atoms with Crippen molar-refractivity contribution < 1.29 is 14.3 Å². The third-order valence-corrected chi connectivity index (χ3v) is 6.43. The summed E-state index contributed by atoms with van der Waals surface area (Å²) >= 11 is 7.63. The van der Waals surface area contributed by atoms with Crippen LogP contribution in [0.25, 0.3) is 27.6 Å². The highest BCUT2D eigenvalue weighted by atomic mass is 35.5. The lowest BCUT2D eigenvalue weighted by Crippen LogP contribution is -2.15. The number of carbonyl (C=O) groups excluding carboxylic acids is 1. The summed E-state index contributed by atoms with van der Waals surface area (Å²) in [6.07, 6.45) is 0. The van der Waals surface area contributed by atoms with Gasteiger partial charge in [0.2, 0.25) is 12.7 Å². The number of benzene rings is 3. The van der Waals surface area contributed by atoms with Crippen LogP contribution in [0.4, 0.5) is 5.69 Å². The van der Waals surface area contributed by atoms with E-state index in [0.29, 0.717) is 27.4 Å². The summed E-state index contributed by atoms with van der Waals surface area (Å²) in [6, 6.07) is 19.1. The fraction of sp³-hybridized carbons (Fsp3) is 0.0870. The Morgan fingerprint density at radius 3 is 2.66 bits per heavy atom. The average Bonchev–Trinajstić information content (AvgIpc) is 3.42. The Bertz CT molecular complexity index is 1530. The molecule has 158 valence electrons. The van der Waals surface area contributed by atoms with E-state index in [1.165, 1.54) is 11.8 Å². The number of thioether (sulfide) groups is 1. The molecule has 1 N–H and O–H groups in total. The molecule has 1 aliphatic heterocycles. The molecule has 0 saturated carbocycles. The van der Waals surface area contributed by atoms with Crippen LogP contribution in [-0.4, -0.2) is 32.8 Å². The number of carbonyl (C=O) groups is 1. The summed E-state index contributed by atoms with van der Waals surface area (Å²) in [5.74, 6) is 1.07. The van der Waals surface area contributed by atoms with Crippen molar-refractivity contribution in [1.29, 1.82) is 0 Å². The van der Waals surface area contributed by atoms with E-state index in [-0.39, 0.29) is 18.5 Å². The van der Waals surface area contributed by atoms with Gasteiger partial charge in [0, 0.05) is 17.5 Å². The van der Waals surface area contributed by atoms with E-state index in [2.05, 4.69) is 5.32 Å². The van der Waals surface area contributed by atoms with Crippen LogP contribution in [0.15, 0.2) is 65.8 Å². The van der Waals surface area contributed by atoms with Gasteiger partial charge in [-0.25, -0.2) is 9.97 Å². The van der Waals surface area contributed by atoms with Crippen molar-refractivity contribution in [2.45, 2.75) is 5.16 Å². The fourth-order valence-electron chi connectivity index (χ4n) is 3.74. The first-order valence-corrected chi connectivity index (χ1v) is 11.2. The van der Waals surface area contributed by atoms with E-state index in [4.69, 9.17) is 31.0 Å². The minimum atomic E-state index is -0.205. The van der Waals surface area contributed by atoms with Crippen LogP contribution in [0.1, 0.15) is 0 Å². The van der Waals surface area contributed by atoms with E-state index < -0.39 is 0 Å². The van der Waals surface area contributed by atoms with Crippen molar-refractivity contribution in [1.82, 2.24) is 14.4 Å². The molecule has 5 aromatic rings. The molecular weight excluding hydrogens is 448 g/mol. The molecule has 0 aliphatic carbocycles. The highest BCUT2D eigenvalue weighted by molar-refractivity contribution is 7.99. The van der Waals surface area contributed by atoms with Crippen molar-refractivity contribution in [3.05, 3.63) is 65.7 Å². The van der Waals surface area contributed by atoms with Gasteiger partial charge in [-0.1, -0.05) is 47.6 Å². The Balaban J connectivity index is 1.33. The molecule has 0 bridgehead atoms. The van der Waals surface area contributed by atoms with Gasteiger partial charge in [-0.05, 0) is 24.3 Å². The monoisotopic (exact) mass is 462 g/mol. The molecule has 0 unspecified atom stereocenters. The molecule has 32 heavy (non-hydrogen) atoms. The predicted molar refractivity (Wildman–Crippen MR) is 125 cm³/mol. The first-order valence-electron chi connectivity index (χ1n) is 9.85. The van der Waals surface area contributed by atoms with Crippen LogP contribution in [-0.2, 0) is 4.79 Å². The van der Waals surface area contributed by atoms with Crippen molar-refractivity contribution >= 4 is 62.5 Å². The molecule has 0 spiro atoms. The van der Waals surface area contributed by atoms with E-state index in [1.807, 2.05) is 52.9 Å². The van der Waals surface area contributed by atoms with Crippen LogP contribution < -0.4 is 14.8 Å². The predicted octanol–water partition coefficient (Wildman–Crippen LogP) is 5.15. The normalized spacial score (nSPS) is 12.7. The molecule has 0 saturated heterocycles. The molecule has 3 heterocycles. The van der Waals surface area contributed by atoms with Crippen LogP contribution >= 0.6 is 23.4 Å². The number of anilines is 1. The Morgan fingerprint density at radius 1 is 1.03 bits per heavy atom. The van der Waals surface area contributed by atoms with Gasteiger partial charge < -0.3 is 14.8 Å². The highest BCUT2D eigenvalue weighted by Crippen LogP contribution is 2.39. The molecule has 2 aromatic heterocycles. The number of hydrogen-bond acceptors (Lipinski definition) is 6. The number of para-hydroxylation sites is 3.